The van der Waals surface area contributed by atoms with Crippen LogP contribution in [0.25, 0.3) is 0 Å². The van der Waals surface area contributed by atoms with Gasteiger partial charge in [-0.2, -0.15) is 0 Å². The standard InChI is InChI=1S/C12H17F2NO/c1-3-15-9(2)10-4-6-11(7-5-10)16-8-12(13)14/h4-7,9,12,15H,3,8H2,1-2H3. The highest BCUT2D eigenvalue weighted by atomic mass is 19.3. The Morgan fingerprint density at radius 2 is 1.88 bits per heavy atom. The molecule has 0 spiro atoms. The Bertz CT molecular complexity index is 300. The number of benzene rings is 1. The predicted octanol–water partition coefficient (Wildman–Crippen LogP) is 3.00. The van der Waals surface area contributed by atoms with E-state index in [1.54, 1.807) is 12.1 Å². The first-order valence-electron chi connectivity index (χ1n) is 5.37. The van der Waals surface area contributed by atoms with Crippen LogP contribution in [0, 0.1) is 0 Å². The SMILES string of the molecule is CCNC(C)c1ccc(OCC(F)F)cc1. The third-order valence-corrected chi connectivity index (χ3v) is 2.27. The van der Waals surface area contributed by atoms with Crippen molar-refractivity contribution in [2.75, 3.05) is 13.2 Å². The smallest absolute Gasteiger partial charge is 0.272 e. The molecule has 0 saturated heterocycles. The van der Waals surface area contributed by atoms with Crippen molar-refractivity contribution in [1.82, 2.24) is 5.32 Å². The molecule has 4 heteroatoms. The molecule has 1 aromatic carbocycles. The molecule has 0 aliphatic rings. The topological polar surface area (TPSA) is 21.3 Å². The van der Waals surface area contributed by atoms with Crippen molar-refractivity contribution in [3.63, 3.8) is 0 Å². The van der Waals surface area contributed by atoms with Gasteiger partial charge >= 0.3 is 0 Å². The van der Waals surface area contributed by atoms with Gasteiger partial charge in [0.05, 0.1) is 0 Å². The zero-order valence-corrected chi connectivity index (χ0v) is 9.54. The van der Waals surface area contributed by atoms with Crippen LogP contribution in [0.4, 0.5) is 8.78 Å². The predicted molar refractivity (Wildman–Crippen MR) is 60.0 cm³/mol. The monoisotopic (exact) mass is 229 g/mol. The molecule has 0 amide bonds. The maximum atomic E-state index is 11.9. The second kappa shape index (κ2) is 6.43. The third-order valence-electron chi connectivity index (χ3n) is 2.27. The highest BCUT2D eigenvalue weighted by molar-refractivity contribution is 5.28. The maximum absolute atomic E-state index is 11.9. The Labute approximate surface area is 94.6 Å². The molecule has 90 valence electrons. The lowest BCUT2D eigenvalue weighted by Gasteiger charge is -2.13. The molecular formula is C12H17F2NO. The first kappa shape index (κ1) is 12.9. The lowest BCUT2D eigenvalue weighted by molar-refractivity contribution is 0.0819. The molecule has 0 saturated carbocycles. The van der Waals surface area contributed by atoms with Crippen LogP contribution in [0.5, 0.6) is 5.75 Å². The van der Waals surface area contributed by atoms with Gasteiger partial charge in [0.1, 0.15) is 12.4 Å². The summed E-state index contributed by atoms with van der Waals surface area (Å²) < 4.78 is 28.7. The van der Waals surface area contributed by atoms with Crippen molar-refractivity contribution < 1.29 is 13.5 Å². The Kier molecular flexibility index (Phi) is 5.19. The Morgan fingerprint density at radius 1 is 1.25 bits per heavy atom. The first-order chi connectivity index (χ1) is 7.63. The fraction of sp³-hybridized carbons (Fsp3) is 0.500. The molecule has 1 N–H and O–H groups in total. The number of rotatable bonds is 6. The van der Waals surface area contributed by atoms with Crippen LogP contribution in [0.15, 0.2) is 24.3 Å². The molecule has 1 rings (SSSR count). The molecule has 0 aliphatic heterocycles. The van der Waals surface area contributed by atoms with E-state index in [1.165, 1.54) is 0 Å². The molecule has 0 radical (unpaired) electrons. The van der Waals surface area contributed by atoms with E-state index in [0.717, 1.165) is 12.1 Å². The number of hydrogen-bond donors (Lipinski definition) is 1. The molecule has 1 aromatic rings. The normalized spacial score (nSPS) is 12.8. The van der Waals surface area contributed by atoms with Gasteiger partial charge in [-0.1, -0.05) is 19.1 Å². The van der Waals surface area contributed by atoms with E-state index >= 15 is 0 Å². The van der Waals surface area contributed by atoms with E-state index < -0.39 is 13.0 Å². The summed E-state index contributed by atoms with van der Waals surface area (Å²) in [4.78, 5) is 0. The van der Waals surface area contributed by atoms with Gasteiger partial charge in [-0.3, -0.25) is 0 Å². The molecular weight excluding hydrogens is 212 g/mol. The number of alkyl halides is 2. The highest BCUT2D eigenvalue weighted by Crippen LogP contribution is 2.17. The molecule has 0 heterocycles. The van der Waals surface area contributed by atoms with Crippen LogP contribution in [0.3, 0.4) is 0 Å². The number of hydrogen-bond acceptors (Lipinski definition) is 2. The summed E-state index contributed by atoms with van der Waals surface area (Å²) in [6, 6.07) is 7.45. The van der Waals surface area contributed by atoms with Crippen LogP contribution < -0.4 is 10.1 Å². The van der Waals surface area contributed by atoms with E-state index in [1.807, 2.05) is 19.1 Å². The van der Waals surface area contributed by atoms with E-state index in [2.05, 4.69) is 12.2 Å². The van der Waals surface area contributed by atoms with Gasteiger partial charge in [0, 0.05) is 6.04 Å². The minimum atomic E-state index is -2.43. The Morgan fingerprint density at radius 3 is 2.38 bits per heavy atom. The zero-order valence-electron chi connectivity index (χ0n) is 9.54. The lowest BCUT2D eigenvalue weighted by atomic mass is 10.1. The second-order valence-electron chi connectivity index (χ2n) is 3.55. The van der Waals surface area contributed by atoms with Gasteiger partial charge in [-0.25, -0.2) is 8.78 Å². The van der Waals surface area contributed by atoms with Crippen LogP contribution >= 0.6 is 0 Å². The second-order valence-corrected chi connectivity index (χ2v) is 3.55. The Hall–Kier alpha value is -1.16. The maximum Gasteiger partial charge on any atom is 0.272 e. The average Bonchev–Trinajstić information content (AvgIpc) is 2.27. The largest absolute Gasteiger partial charge is 0.488 e. The van der Waals surface area contributed by atoms with Crippen molar-refractivity contribution in [2.24, 2.45) is 0 Å². The van der Waals surface area contributed by atoms with Gasteiger partial charge in [0.2, 0.25) is 0 Å². The molecule has 1 atom stereocenters. The van der Waals surface area contributed by atoms with E-state index in [4.69, 9.17) is 4.74 Å². The van der Waals surface area contributed by atoms with E-state index in [-0.39, 0.29) is 6.04 Å². The molecule has 1 unspecified atom stereocenters. The Balaban J connectivity index is 2.53. The summed E-state index contributed by atoms with van der Waals surface area (Å²) in [5, 5.41) is 3.27. The number of ether oxygens (including phenoxy) is 1. The van der Waals surface area contributed by atoms with Crippen LogP contribution in [0.2, 0.25) is 0 Å². The lowest BCUT2D eigenvalue weighted by Crippen LogP contribution is -2.17. The van der Waals surface area contributed by atoms with Crippen molar-refractivity contribution in [3.05, 3.63) is 29.8 Å². The fourth-order valence-corrected chi connectivity index (χ4v) is 1.44. The van der Waals surface area contributed by atoms with Gasteiger partial charge in [-0.05, 0) is 31.2 Å². The summed E-state index contributed by atoms with van der Waals surface area (Å²) in [7, 11) is 0. The quantitative estimate of drug-likeness (QED) is 0.809. The summed E-state index contributed by atoms with van der Waals surface area (Å²) in [6.45, 7) is 4.43. The minimum absolute atomic E-state index is 0.258. The van der Waals surface area contributed by atoms with Crippen molar-refractivity contribution in [3.8, 4) is 5.75 Å². The van der Waals surface area contributed by atoms with E-state index in [0.29, 0.717) is 5.75 Å². The molecule has 0 bridgehead atoms. The molecule has 0 aromatic heterocycles. The van der Waals surface area contributed by atoms with Gasteiger partial charge in [-0.15, -0.1) is 0 Å². The van der Waals surface area contributed by atoms with Gasteiger partial charge in [0.15, 0.2) is 0 Å². The zero-order chi connectivity index (χ0) is 12.0. The summed E-state index contributed by atoms with van der Waals surface area (Å²) in [5.41, 5.74) is 1.12. The third kappa shape index (κ3) is 4.14. The van der Waals surface area contributed by atoms with Crippen molar-refractivity contribution in [1.29, 1.82) is 0 Å². The molecule has 0 fully saturated rings. The highest BCUT2D eigenvalue weighted by Gasteiger charge is 2.05. The molecule has 16 heavy (non-hydrogen) atoms. The van der Waals surface area contributed by atoms with Crippen LogP contribution in [-0.4, -0.2) is 19.6 Å². The molecule has 0 aliphatic carbocycles. The van der Waals surface area contributed by atoms with Crippen LogP contribution in [0.1, 0.15) is 25.5 Å². The fourth-order valence-electron chi connectivity index (χ4n) is 1.44. The summed E-state index contributed by atoms with van der Waals surface area (Å²) >= 11 is 0. The summed E-state index contributed by atoms with van der Waals surface area (Å²) in [6.07, 6.45) is -2.43. The molecule has 2 nitrogen and oxygen atoms in total. The number of halogens is 2. The minimum Gasteiger partial charge on any atom is -0.488 e. The van der Waals surface area contributed by atoms with Crippen molar-refractivity contribution >= 4 is 0 Å². The van der Waals surface area contributed by atoms with Crippen molar-refractivity contribution in [2.45, 2.75) is 26.3 Å². The average molecular weight is 229 g/mol. The van der Waals surface area contributed by atoms with Gasteiger partial charge in [0.25, 0.3) is 6.43 Å². The van der Waals surface area contributed by atoms with Gasteiger partial charge < -0.3 is 10.1 Å². The van der Waals surface area contributed by atoms with Crippen LogP contribution in [-0.2, 0) is 0 Å². The first-order valence-corrected chi connectivity index (χ1v) is 5.37. The summed E-state index contributed by atoms with van der Waals surface area (Å²) in [5.74, 6) is 0.479. The number of nitrogens with one attached hydrogen (secondary N) is 1. The van der Waals surface area contributed by atoms with E-state index in [9.17, 15) is 8.78 Å².